The Morgan fingerprint density at radius 2 is 1.96 bits per heavy atom. The number of anilines is 1. The number of hydrogen-bond donors (Lipinski definition) is 2. The fraction of sp³-hybridized carbons (Fsp3) is 0.350. The predicted octanol–water partition coefficient (Wildman–Crippen LogP) is 4.67. The lowest BCUT2D eigenvalue weighted by atomic mass is 10.00. The van der Waals surface area contributed by atoms with Gasteiger partial charge in [-0.1, -0.05) is 30.7 Å². The van der Waals surface area contributed by atoms with Gasteiger partial charge in [0.1, 0.15) is 5.75 Å². The van der Waals surface area contributed by atoms with Gasteiger partial charge in [-0.2, -0.15) is 0 Å². The van der Waals surface area contributed by atoms with Crippen LogP contribution in [0.3, 0.4) is 0 Å². The molecule has 1 aliphatic carbocycles. The molecule has 3 rings (SSSR count). The molecule has 1 saturated carbocycles. The Balaban J connectivity index is 0.00000225. The molecule has 0 saturated heterocycles. The third-order valence-electron chi connectivity index (χ3n) is 4.55. The minimum atomic E-state index is 0. The van der Waals surface area contributed by atoms with Gasteiger partial charge in [-0.05, 0) is 55.5 Å². The highest BCUT2D eigenvalue weighted by Crippen LogP contribution is 2.32. The van der Waals surface area contributed by atoms with Crippen LogP contribution in [0.15, 0.2) is 48.5 Å². The zero-order chi connectivity index (χ0) is 16.9. The Morgan fingerprint density at radius 3 is 2.64 bits per heavy atom. The Bertz CT molecular complexity index is 706. The molecule has 0 aliphatic heterocycles. The molecule has 3 N–H and O–H groups in total. The van der Waals surface area contributed by atoms with Crippen molar-refractivity contribution in [3.05, 3.63) is 54.1 Å². The Labute approximate surface area is 155 Å². The third-order valence-corrected chi connectivity index (χ3v) is 4.55. The highest BCUT2D eigenvalue weighted by molar-refractivity contribution is 5.92. The number of para-hydroxylation sites is 1. The Kier molecular flexibility index (Phi) is 6.85. The van der Waals surface area contributed by atoms with Crippen LogP contribution >= 0.6 is 12.4 Å². The van der Waals surface area contributed by atoms with Crippen LogP contribution in [0.5, 0.6) is 11.5 Å². The van der Waals surface area contributed by atoms with Gasteiger partial charge in [0, 0.05) is 12.5 Å². The summed E-state index contributed by atoms with van der Waals surface area (Å²) in [5, 5.41) is 3.00. The summed E-state index contributed by atoms with van der Waals surface area (Å²) in [5.74, 6) is 1.68. The normalized spacial score (nSPS) is 19.1. The monoisotopic (exact) mass is 360 g/mol. The smallest absolute Gasteiger partial charge is 0.224 e. The number of carbonyl (C=O) groups excluding carboxylic acids is 1. The van der Waals surface area contributed by atoms with E-state index in [1.807, 2.05) is 55.5 Å². The van der Waals surface area contributed by atoms with E-state index in [0.717, 1.165) is 30.6 Å². The zero-order valence-corrected chi connectivity index (χ0v) is 15.2. The Hall–Kier alpha value is -2.04. The number of hydrogen-bond acceptors (Lipinski definition) is 3. The second kappa shape index (κ2) is 8.88. The van der Waals surface area contributed by atoms with Crippen molar-refractivity contribution in [1.82, 2.24) is 0 Å². The lowest BCUT2D eigenvalue weighted by Crippen LogP contribution is -2.28. The number of nitrogens with two attached hydrogens (primary N) is 1. The van der Waals surface area contributed by atoms with E-state index in [-0.39, 0.29) is 30.3 Å². The van der Waals surface area contributed by atoms with Crippen LogP contribution < -0.4 is 15.8 Å². The second-order valence-corrected chi connectivity index (χ2v) is 6.52. The molecule has 0 radical (unpaired) electrons. The first-order chi connectivity index (χ1) is 11.6. The molecule has 5 heteroatoms. The van der Waals surface area contributed by atoms with Gasteiger partial charge in [-0.3, -0.25) is 4.79 Å². The van der Waals surface area contributed by atoms with E-state index in [4.69, 9.17) is 10.5 Å². The predicted molar refractivity (Wildman–Crippen MR) is 104 cm³/mol. The van der Waals surface area contributed by atoms with Crippen LogP contribution in [-0.2, 0) is 4.79 Å². The van der Waals surface area contributed by atoms with E-state index in [1.54, 1.807) is 0 Å². The van der Waals surface area contributed by atoms with Crippen LogP contribution in [0.4, 0.5) is 5.69 Å². The molecule has 0 bridgehead atoms. The molecule has 1 aliphatic rings. The molecule has 134 valence electrons. The van der Waals surface area contributed by atoms with Crippen molar-refractivity contribution in [2.45, 2.75) is 38.6 Å². The summed E-state index contributed by atoms with van der Waals surface area (Å²) >= 11 is 0. The average Bonchev–Trinajstić information content (AvgIpc) is 2.96. The number of nitrogens with one attached hydrogen (secondary N) is 1. The number of ether oxygens (including phenoxy) is 1. The van der Waals surface area contributed by atoms with Crippen LogP contribution in [0.1, 0.15) is 31.2 Å². The first-order valence-corrected chi connectivity index (χ1v) is 8.51. The molecule has 4 nitrogen and oxygen atoms in total. The topological polar surface area (TPSA) is 64.3 Å². The summed E-state index contributed by atoms with van der Waals surface area (Å²) in [5.41, 5.74) is 7.85. The first kappa shape index (κ1) is 19.3. The standard InChI is InChI=1S/C20H24N2O2.ClH/c1-14-10-11-19(24-16-7-3-2-4-8-16)18(12-14)22-20(23)13-15-6-5-9-17(15)21;/h2-4,7-8,10-12,15,17H,5-6,9,13,21H2,1H3,(H,22,23);1H/t15-,17+;/m0./s1. The van der Waals surface area contributed by atoms with Gasteiger partial charge in [0.05, 0.1) is 5.69 Å². The van der Waals surface area contributed by atoms with Crippen LogP contribution in [0.2, 0.25) is 0 Å². The lowest BCUT2D eigenvalue weighted by molar-refractivity contribution is -0.117. The summed E-state index contributed by atoms with van der Waals surface area (Å²) in [4.78, 5) is 12.4. The van der Waals surface area contributed by atoms with Gasteiger partial charge >= 0.3 is 0 Å². The van der Waals surface area contributed by atoms with Crippen molar-refractivity contribution in [3.63, 3.8) is 0 Å². The van der Waals surface area contributed by atoms with Gasteiger partial charge in [0.2, 0.25) is 5.91 Å². The van der Waals surface area contributed by atoms with Crippen LogP contribution in [0, 0.1) is 12.8 Å². The van der Waals surface area contributed by atoms with E-state index in [9.17, 15) is 4.79 Å². The Morgan fingerprint density at radius 1 is 1.20 bits per heavy atom. The van der Waals surface area contributed by atoms with E-state index < -0.39 is 0 Å². The molecule has 1 amide bonds. The lowest BCUT2D eigenvalue weighted by Gasteiger charge is -2.17. The number of halogens is 1. The van der Waals surface area contributed by atoms with E-state index in [0.29, 0.717) is 17.9 Å². The summed E-state index contributed by atoms with van der Waals surface area (Å²) in [6.07, 6.45) is 3.65. The van der Waals surface area contributed by atoms with Crippen molar-refractivity contribution < 1.29 is 9.53 Å². The molecule has 25 heavy (non-hydrogen) atoms. The molecular formula is C20H25ClN2O2. The molecule has 1 fully saturated rings. The highest BCUT2D eigenvalue weighted by Gasteiger charge is 2.26. The largest absolute Gasteiger partial charge is 0.455 e. The van der Waals surface area contributed by atoms with E-state index >= 15 is 0 Å². The van der Waals surface area contributed by atoms with Gasteiger partial charge in [-0.25, -0.2) is 0 Å². The number of benzene rings is 2. The quantitative estimate of drug-likeness (QED) is 0.814. The third kappa shape index (κ3) is 5.21. The van der Waals surface area contributed by atoms with E-state index in [1.165, 1.54) is 0 Å². The molecule has 2 atom stereocenters. The molecule has 0 unspecified atom stereocenters. The zero-order valence-electron chi connectivity index (χ0n) is 14.4. The number of amides is 1. The maximum atomic E-state index is 12.4. The molecule has 2 aromatic rings. The molecule has 0 heterocycles. The van der Waals surface area contributed by atoms with Crippen molar-refractivity contribution in [1.29, 1.82) is 0 Å². The minimum Gasteiger partial charge on any atom is -0.455 e. The average molecular weight is 361 g/mol. The molecular weight excluding hydrogens is 336 g/mol. The van der Waals surface area contributed by atoms with Gasteiger partial charge in [0.25, 0.3) is 0 Å². The fourth-order valence-corrected chi connectivity index (χ4v) is 3.20. The van der Waals surface area contributed by atoms with Crippen molar-refractivity contribution in [2.24, 2.45) is 11.7 Å². The SMILES string of the molecule is Cc1ccc(Oc2ccccc2)c(NC(=O)C[C@@H]2CCC[C@H]2N)c1.Cl. The summed E-state index contributed by atoms with van der Waals surface area (Å²) in [6.45, 7) is 1.99. The van der Waals surface area contributed by atoms with E-state index in [2.05, 4.69) is 5.32 Å². The maximum Gasteiger partial charge on any atom is 0.224 e. The van der Waals surface area contributed by atoms with Crippen LogP contribution in [0.25, 0.3) is 0 Å². The summed E-state index contributed by atoms with van der Waals surface area (Å²) in [6, 6.07) is 15.5. The summed E-state index contributed by atoms with van der Waals surface area (Å²) < 4.78 is 5.92. The van der Waals surface area contributed by atoms with Gasteiger partial charge in [0.15, 0.2) is 5.75 Å². The molecule has 2 aromatic carbocycles. The second-order valence-electron chi connectivity index (χ2n) is 6.52. The molecule has 0 spiro atoms. The number of carbonyl (C=O) groups is 1. The minimum absolute atomic E-state index is 0. The van der Waals surface area contributed by atoms with Gasteiger partial charge < -0.3 is 15.8 Å². The van der Waals surface area contributed by atoms with Crippen molar-refractivity contribution >= 4 is 24.0 Å². The highest BCUT2D eigenvalue weighted by atomic mass is 35.5. The van der Waals surface area contributed by atoms with Crippen molar-refractivity contribution in [2.75, 3.05) is 5.32 Å². The number of rotatable bonds is 5. The van der Waals surface area contributed by atoms with Gasteiger partial charge in [-0.15, -0.1) is 12.4 Å². The molecule has 0 aromatic heterocycles. The van der Waals surface area contributed by atoms with Crippen LogP contribution in [-0.4, -0.2) is 11.9 Å². The summed E-state index contributed by atoms with van der Waals surface area (Å²) in [7, 11) is 0. The maximum absolute atomic E-state index is 12.4. The first-order valence-electron chi connectivity index (χ1n) is 8.51. The van der Waals surface area contributed by atoms with Crippen molar-refractivity contribution in [3.8, 4) is 11.5 Å². The fourth-order valence-electron chi connectivity index (χ4n) is 3.20. The number of aryl methyl sites for hydroxylation is 1.